The van der Waals surface area contributed by atoms with Gasteiger partial charge in [-0.15, -0.1) is 0 Å². The van der Waals surface area contributed by atoms with Crippen molar-refractivity contribution in [2.24, 2.45) is 0 Å². The lowest BCUT2D eigenvalue weighted by molar-refractivity contribution is 0.342. The lowest BCUT2D eigenvalue weighted by atomic mass is 9.91. The number of pyridine rings is 1. The second kappa shape index (κ2) is 10.7. The number of aromatic nitrogens is 1. The second-order valence-electron chi connectivity index (χ2n) is 8.66. The third-order valence-electron chi connectivity index (χ3n) is 6.03. The summed E-state index contributed by atoms with van der Waals surface area (Å²) in [5, 5.41) is 12.3. The van der Waals surface area contributed by atoms with E-state index in [1.165, 1.54) is 11.1 Å². The summed E-state index contributed by atoms with van der Waals surface area (Å²) in [7, 11) is 4.15. The van der Waals surface area contributed by atoms with E-state index in [1.54, 1.807) is 0 Å². The number of anilines is 3. The highest BCUT2D eigenvalue weighted by Gasteiger charge is 2.22. The molecule has 7 heteroatoms. The molecule has 1 aromatic heterocycles. The lowest BCUT2D eigenvalue weighted by Crippen LogP contribution is -2.42. The van der Waals surface area contributed by atoms with Gasteiger partial charge < -0.3 is 25.6 Å². The molecule has 6 nitrogen and oxygen atoms in total. The Kier molecular flexibility index (Phi) is 7.50. The van der Waals surface area contributed by atoms with Gasteiger partial charge in [0.15, 0.2) is 5.11 Å². The Morgan fingerprint density at radius 3 is 2.48 bits per heavy atom. The number of fused-ring (bicyclic) bond motifs is 1. The third-order valence-corrected chi connectivity index (χ3v) is 6.25. The number of rotatable bonds is 7. The quantitative estimate of drug-likeness (QED) is 0.405. The van der Waals surface area contributed by atoms with E-state index >= 15 is 0 Å². The molecule has 174 valence electrons. The van der Waals surface area contributed by atoms with Crippen molar-refractivity contribution in [3.8, 4) is 5.75 Å². The summed E-state index contributed by atoms with van der Waals surface area (Å²) in [4.78, 5) is 7.00. The van der Waals surface area contributed by atoms with Gasteiger partial charge in [-0.25, -0.2) is 4.98 Å². The molecular weight excluding hydrogens is 430 g/mol. The molecule has 0 saturated heterocycles. The minimum absolute atomic E-state index is 0.365. The number of nitrogens with one attached hydrogen (secondary N) is 3. The number of para-hydroxylation sites is 3. The summed E-state index contributed by atoms with van der Waals surface area (Å²) in [5.74, 6) is 1.76. The zero-order valence-electron chi connectivity index (χ0n) is 19.6. The number of nitrogens with zero attached hydrogens (tertiary/aromatic N) is 2. The molecule has 0 bridgehead atoms. The molecule has 1 fully saturated rings. The molecule has 4 rings (SSSR count). The minimum atomic E-state index is 0.365. The highest BCUT2D eigenvalue weighted by atomic mass is 32.1. The summed E-state index contributed by atoms with van der Waals surface area (Å²) in [6.07, 6.45) is 4.25. The molecule has 3 aromatic rings. The van der Waals surface area contributed by atoms with Crippen LogP contribution in [0.15, 0.2) is 54.6 Å². The largest absolute Gasteiger partial charge is 0.492 e. The van der Waals surface area contributed by atoms with Crippen LogP contribution in [0.5, 0.6) is 5.75 Å². The van der Waals surface area contributed by atoms with Crippen molar-refractivity contribution in [1.29, 1.82) is 0 Å². The number of ether oxygens (including phenoxy) is 1. The van der Waals surface area contributed by atoms with E-state index in [-0.39, 0.29) is 0 Å². The van der Waals surface area contributed by atoms with Crippen molar-refractivity contribution >= 4 is 45.4 Å². The fourth-order valence-electron chi connectivity index (χ4n) is 4.39. The van der Waals surface area contributed by atoms with E-state index in [9.17, 15) is 0 Å². The molecule has 33 heavy (non-hydrogen) atoms. The maximum absolute atomic E-state index is 5.68. The molecular formula is C26H33N5OS. The highest BCUT2D eigenvalue weighted by molar-refractivity contribution is 7.80. The zero-order chi connectivity index (χ0) is 23.2. The van der Waals surface area contributed by atoms with Crippen molar-refractivity contribution in [3.05, 3.63) is 54.6 Å². The van der Waals surface area contributed by atoms with Crippen LogP contribution in [-0.2, 0) is 0 Å². The van der Waals surface area contributed by atoms with Crippen LogP contribution in [0.2, 0.25) is 0 Å². The van der Waals surface area contributed by atoms with Crippen molar-refractivity contribution in [3.63, 3.8) is 0 Å². The maximum atomic E-state index is 5.68. The maximum Gasteiger partial charge on any atom is 0.171 e. The van der Waals surface area contributed by atoms with E-state index in [0.717, 1.165) is 48.5 Å². The normalized spacial score (nSPS) is 17.9. The zero-order valence-corrected chi connectivity index (χ0v) is 20.4. The fourth-order valence-corrected chi connectivity index (χ4v) is 4.66. The fraction of sp³-hybridized carbons (Fsp3) is 0.385. The monoisotopic (exact) mass is 463 g/mol. The number of hydrogen-bond acceptors (Lipinski definition) is 5. The Morgan fingerprint density at radius 1 is 1.03 bits per heavy atom. The first kappa shape index (κ1) is 23.1. The van der Waals surface area contributed by atoms with E-state index in [1.807, 2.05) is 37.3 Å². The van der Waals surface area contributed by atoms with E-state index in [4.69, 9.17) is 21.9 Å². The van der Waals surface area contributed by atoms with Gasteiger partial charge in [-0.3, -0.25) is 0 Å². The number of hydrogen-bond donors (Lipinski definition) is 3. The molecule has 0 aliphatic heterocycles. The van der Waals surface area contributed by atoms with Crippen molar-refractivity contribution < 1.29 is 4.74 Å². The van der Waals surface area contributed by atoms with Crippen LogP contribution in [-0.4, -0.2) is 42.9 Å². The Labute approximate surface area is 201 Å². The van der Waals surface area contributed by atoms with Crippen LogP contribution >= 0.6 is 12.2 Å². The average Bonchev–Trinajstić information content (AvgIpc) is 2.81. The molecule has 0 unspecified atom stereocenters. The summed E-state index contributed by atoms with van der Waals surface area (Å²) in [5.41, 5.74) is 3.10. The summed E-state index contributed by atoms with van der Waals surface area (Å²) >= 11 is 5.57. The van der Waals surface area contributed by atoms with Gasteiger partial charge in [-0.05, 0) is 63.0 Å². The van der Waals surface area contributed by atoms with Crippen LogP contribution in [0.4, 0.5) is 17.2 Å². The number of thiocarbonyl (C=S) groups is 1. The van der Waals surface area contributed by atoms with E-state index in [0.29, 0.717) is 23.8 Å². The molecule has 1 aliphatic rings. The molecule has 0 atom stereocenters. The van der Waals surface area contributed by atoms with Gasteiger partial charge in [0.1, 0.15) is 11.6 Å². The van der Waals surface area contributed by atoms with Gasteiger partial charge in [-0.1, -0.05) is 30.3 Å². The van der Waals surface area contributed by atoms with Crippen LogP contribution < -0.4 is 25.6 Å². The predicted octanol–water partition coefficient (Wildman–Crippen LogP) is 5.41. The molecule has 0 amide bonds. The molecule has 1 aliphatic carbocycles. The standard InChI is InChI=1S/C26H33N5OS/c1-4-32-24-12-8-7-11-22(24)30-26(33)28-19-15-13-18(14-16-19)27-25-17-23(31(2)3)20-9-5-6-10-21(20)29-25/h5-12,17-19H,4,13-16H2,1-3H3,(H,27,29)(H2,28,30,33)/t18-,19+. The smallest absolute Gasteiger partial charge is 0.171 e. The molecule has 0 spiro atoms. The summed E-state index contributed by atoms with van der Waals surface area (Å²) in [6.45, 7) is 2.60. The summed E-state index contributed by atoms with van der Waals surface area (Å²) < 4.78 is 5.68. The van der Waals surface area contributed by atoms with Crippen LogP contribution in [0.3, 0.4) is 0 Å². The van der Waals surface area contributed by atoms with Gasteiger partial charge in [0, 0.05) is 43.3 Å². The molecule has 0 radical (unpaired) electrons. The van der Waals surface area contributed by atoms with Crippen LogP contribution in [0.25, 0.3) is 10.9 Å². The topological polar surface area (TPSA) is 61.5 Å². The van der Waals surface area contributed by atoms with Crippen molar-refractivity contribution in [2.45, 2.75) is 44.7 Å². The summed E-state index contributed by atoms with van der Waals surface area (Å²) in [6, 6.07) is 19.1. The van der Waals surface area contributed by atoms with E-state index in [2.05, 4.69) is 59.2 Å². The van der Waals surface area contributed by atoms with E-state index < -0.39 is 0 Å². The predicted molar refractivity (Wildman–Crippen MR) is 143 cm³/mol. The first-order valence-electron chi connectivity index (χ1n) is 11.7. The van der Waals surface area contributed by atoms with Gasteiger partial charge in [0.2, 0.25) is 0 Å². The highest BCUT2D eigenvalue weighted by Crippen LogP contribution is 2.29. The molecule has 1 heterocycles. The van der Waals surface area contributed by atoms with Gasteiger partial charge in [-0.2, -0.15) is 0 Å². The Morgan fingerprint density at radius 2 is 1.73 bits per heavy atom. The lowest BCUT2D eigenvalue weighted by Gasteiger charge is -2.31. The van der Waals surface area contributed by atoms with Crippen molar-refractivity contribution in [1.82, 2.24) is 10.3 Å². The molecule has 1 saturated carbocycles. The third kappa shape index (κ3) is 5.85. The Bertz CT molecular complexity index is 1090. The van der Waals surface area contributed by atoms with Crippen LogP contribution in [0, 0.1) is 0 Å². The van der Waals surface area contributed by atoms with Gasteiger partial charge in [0.25, 0.3) is 0 Å². The second-order valence-corrected chi connectivity index (χ2v) is 9.07. The SMILES string of the molecule is CCOc1ccccc1NC(=S)N[C@H]1CC[C@@H](Nc2cc(N(C)C)c3ccccc3n2)CC1. The first-order valence-corrected chi connectivity index (χ1v) is 12.1. The Hall–Kier alpha value is -3.06. The Balaban J connectivity index is 1.32. The van der Waals surface area contributed by atoms with Gasteiger partial charge in [0.05, 0.1) is 17.8 Å². The number of benzene rings is 2. The van der Waals surface area contributed by atoms with Gasteiger partial charge >= 0.3 is 0 Å². The molecule has 3 N–H and O–H groups in total. The first-order chi connectivity index (χ1) is 16.0. The van der Waals surface area contributed by atoms with Crippen molar-refractivity contribution in [2.75, 3.05) is 36.2 Å². The minimum Gasteiger partial charge on any atom is -0.492 e. The average molecular weight is 464 g/mol. The molecule has 2 aromatic carbocycles. The van der Waals surface area contributed by atoms with Crippen LogP contribution in [0.1, 0.15) is 32.6 Å².